The van der Waals surface area contributed by atoms with Crippen molar-refractivity contribution in [3.05, 3.63) is 107 Å². The monoisotopic (exact) mass is 460 g/mol. The average molecular weight is 461 g/mol. The van der Waals surface area contributed by atoms with Crippen LogP contribution in [-0.2, 0) is 5.41 Å². The number of nitrogens with two attached hydrogens (primary N) is 1. The first-order chi connectivity index (χ1) is 16.8. The SMILES string of the molecule is CC(N)c1cc2c(cc1Nc1ccccc1)N(c1ccc3c(c1)-c1ccccc1C3(C)C)NC2C. The maximum atomic E-state index is 6.41. The molecule has 1 heterocycles. The van der Waals surface area contributed by atoms with E-state index in [-0.39, 0.29) is 17.5 Å². The number of rotatable bonds is 4. The van der Waals surface area contributed by atoms with E-state index in [0.717, 1.165) is 28.3 Å². The highest BCUT2D eigenvalue weighted by molar-refractivity contribution is 5.85. The van der Waals surface area contributed by atoms with Crippen molar-refractivity contribution in [1.29, 1.82) is 0 Å². The molecule has 0 saturated heterocycles. The highest BCUT2D eigenvalue weighted by atomic mass is 15.5. The maximum Gasteiger partial charge on any atom is 0.0647 e. The molecular formula is C31H32N4. The molecule has 176 valence electrons. The highest BCUT2D eigenvalue weighted by Crippen LogP contribution is 2.50. The molecule has 2 aliphatic rings. The minimum Gasteiger partial charge on any atom is -0.355 e. The van der Waals surface area contributed by atoms with Gasteiger partial charge in [0.2, 0.25) is 0 Å². The number of hydrazine groups is 1. The van der Waals surface area contributed by atoms with Crippen molar-refractivity contribution in [2.45, 2.75) is 45.2 Å². The third kappa shape index (κ3) is 3.44. The zero-order chi connectivity index (χ0) is 24.3. The first-order valence-electron chi connectivity index (χ1n) is 12.4. The van der Waals surface area contributed by atoms with Gasteiger partial charge in [-0.2, -0.15) is 0 Å². The van der Waals surface area contributed by atoms with E-state index in [0.29, 0.717) is 0 Å². The van der Waals surface area contributed by atoms with Gasteiger partial charge in [0.1, 0.15) is 0 Å². The second-order valence-corrected chi connectivity index (χ2v) is 10.4. The second kappa shape index (κ2) is 7.98. The molecule has 35 heavy (non-hydrogen) atoms. The molecule has 2 unspecified atom stereocenters. The minimum absolute atomic E-state index is 0.00698. The Hall–Kier alpha value is -3.60. The summed E-state index contributed by atoms with van der Waals surface area (Å²) >= 11 is 0. The van der Waals surface area contributed by atoms with E-state index >= 15 is 0 Å². The molecule has 0 saturated carbocycles. The lowest BCUT2D eigenvalue weighted by atomic mass is 9.82. The topological polar surface area (TPSA) is 53.3 Å². The van der Waals surface area contributed by atoms with Gasteiger partial charge in [0.15, 0.2) is 0 Å². The molecule has 4 aromatic carbocycles. The number of benzene rings is 4. The van der Waals surface area contributed by atoms with Gasteiger partial charge < -0.3 is 11.1 Å². The Labute approximate surface area is 207 Å². The molecule has 4 heteroatoms. The molecule has 0 spiro atoms. The molecule has 1 aliphatic carbocycles. The Kier molecular flexibility index (Phi) is 4.99. The molecule has 0 amide bonds. The van der Waals surface area contributed by atoms with Gasteiger partial charge in [0, 0.05) is 22.8 Å². The zero-order valence-electron chi connectivity index (χ0n) is 20.8. The Morgan fingerprint density at radius 2 is 1.60 bits per heavy atom. The summed E-state index contributed by atoms with van der Waals surface area (Å²) in [5.74, 6) is 0. The number of hydrogen-bond acceptors (Lipinski definition) is 4. The van der Waals surface area contributed by atoms with E-state index in [9.17, 15) is 0 Å². The molecule has 4 nitrogen and oxygen atoms in total. The van der Waals surface area contributed by atoms with Gasteiger partial charge >= 0.3 is 0 Å². The van der Waals surface area contributed by atoms with E-state index in [1.54, 1.807) is 0 Å². The van der Waals surface area contributed by atoms with Crippen molar-refractivity contribution in [2.75, 3.05) is 10.3 Å². The van der Waals surface area contributed by atoms with Crippen LogP contribution in [0.2, 0.25) is 0 Å². The van der Waals surface area contributed by atoms with Crippen molar-refractivity contribution in [3.63, 3.8) is 0 Å². The maximum absolute atomic E-state index is 6.41. The quantitative estimate of drug-likeness (QED) is 0.296. The van der Waals surface area contributed by atoms with Crippen LogP contribution in [0.5, 0.6) is 0 Å². The third-order valence-electron chi connectivity index (χ3n) is 7.60. The van der Waals surface area contributed by atoms with E-state index in [4.69, 9.17) is 5.73 Å². The third-order valence-corrected chi connectivity index (χ3v) is 7.60. The van der Waals surface area contributed by atoms with Gasteiger partial charge in [-0.05, 0) is 83.6 Å². The van der Waals surface area contributed by atoms with Crippen molar-refractivity contribution in [3.8, 4) is 11.1 Å². The van der Waals surface area contributed by atoms with Crippen LogP contribution in [0.3, 0.4) is 0 Å². The van der Waals surface area contributed by atoms with E-state index < -0.39 is 0 Å². The first-order valence-corrected chi connectivity index (χ1v) is 12.4. The number of hydrogen-bond donors (Lipinski definition) is 3. The molecule has 4 aromatic rings. The highest BCUT2D eigenvalue weighted by Gasteiger charge is 2.36. The lowest BCUT2D eigenvalue weighted by Gasteiger charge is -2.24. The zero-order valence-corrected chi connectivity index (χ0v) is 20.8. The molecule has 6 rings (SSSR count). The van der Waals surface area contributed by atoms with Crippen LogP contribution in [0.25, 0.3) is 11.1 Å². The van der Waals surface area contributed by atoms with Gasteiger partial charge in [0.25, 0.3) is 0 Å². The van der Waals surface area contributed by atoms with E-state index in [2.05, 4.69) is 103 Å². The first kappa shape index (κ1) is 21.9. The lowest BCUT2D eigenvalue weighted by molar-refractivity contribution is 0.633. The predicted molar refractivity (Wildman–Crippen MR) is 146 cm³/mol. The Bertz CT molecular complexity index is 1420. The van der Waals surface area contributed by atoms with Gasteiger partial charge in [-0.3, -0.25) is 5.01 Å². The summed E-state index contributed by atoms with van der Waals surface area (Å²) in [5, 5.41) is 5.83. The predicted octanol–water partition coefficient (Wildman–Crippen LogP) is 7.47. The van der Waals surface area contributed by atoms with Crippen LogP contribution in [0, 0.1) is 0 Å². The van der Waals surface area contributed by atoms with Gasteiger partial charge in [-0.15, -0.1) is 0 Å². The number of nitrogens with zero attached hydrogens (tertiary/aromatic N) is 1. The van der Waals surface area contributed by atoms with E-state index in [1.165, 1.54) is 27.8 Å². The molecule has 0 radical (unpaired) electrons. The molecule has 0 bridgehead atoms. The van der Waals surface area contributed by atoms with Crippen molar-refractivity contribution < 1.29 is 0 Å². The molecule has 1 aliphatic heterocycles. The number of nitrogens with one attached hydrogen (secondary N) is 2. The standard InChI is InChI=1S/C31H32N4/c1-19(32)24-17-25-20(2)34-35(30(25)18-29(24)33-21-10-6-5-7-11-21)22-14-15-28-26(16-22)23-12-8-9-13-27(23)31(28,3)4/h5-20,33-34H,32H2,1-4H3. The minimum atomic E-state index is -0.0773. The summed E-state index contributed by atoms with van der Waals surface area (Å²) < 4.78 is 0. The Balaban J connectivity index is 1.46. The Morgan fingerprint density at radius 1 is 0.886 bits per heavy atom. The van der Waals surface area contributed by atoms with Crippen LogP contribution in [-0.4, -0.2) is 0 Å². The van der Waals surface area contributed by atoms with E-state index in [1.807, 2.05) is 25.1 Å². The number of fused-ring (bicyclic) bond motifs is 4. The molecule has 2 atom stereocenters. The number of anilines is 4. The normalized spacial score (nSPS) is 18.1. The molecule has 4 N–H and O–H groups in total. The lowest BCUT2D eigenvalue weighted by Crippen LogP contribution is -2.28. The molecular weight excluding hydrogens is 428 g/mol. The smallest absolute Gasteiger partial charge is 0.0647 e. The Morgan fingerprint density at radius 3 is 2.37 bits per heavy atom. The summed E-state index contributed by atoms with van der Waals surface area (Å²) in [7, 11) is 0. The van der Waals surface area contributed by atoms with Crippen LogP contribution in [0.15, 0.2) is 84.9 Å². The number of para-hydroxylation sites is 1. The summed E-state index contributed by atoms with van der Waals surface area (Å²) in [6, 6.07) is 30.5. The molecule has 0 fully saturated rings. The second-order valence-electron chi connectivity index (χ2n) is 10.4. The van der Waals surface area contributed by atoms with Crippen molar-refractivity contribution >= 4 is 22.7 Å². The fourth-order valence-electron chi connectivity index (χ4n) is 5.72. The summed E-state index contributed by atoms with van der Waals surface area (Å²) in [6.45, 7) is 8.89. The van der Waals surface area contributed by atoms with Crippen LogP contribution in [0.4, 0.5) is 22.7 Å². The average Bonchev–Trinajstić information content (AvgIpc) is 3.30. The van der Waals surface area contributed by atoms with Crippen molar-refractivity contribution in [2.24, 2.45) is 5.73 Å². The van der Waals surface area contributed by atoms with Crippen molar-refractivity contribution in [1.82, 2.24) is 5.43 Å². The fraction of sp³-hybridized carbons (Fsp3) is 0.226. The van der Waals surface area contributed by atoms with Crippen LogP contribution >= 0.6 is 0 Å². The fourth-order valence-corrected chi connectivity index (χ4v) is 5.72. The summed E-state index contributed by atoms with van der Waals surface area (Å²) in [4.78, 5) is 0. The summed E-state index contributed by atoms with van der Waals surface area (Å²) in [5.41, 5.74) is 22.3. The molecule has 0 aromatic heterocycles. The van der Waals surface area contributed by atoms with Gasteiger partial charge in [-0.25, -0.2) is 5.43 Å². The van der Waals surface area contributed by atoms with Gasteiger partial charge in [-0.1, -0.05) is 62.4 Å². The van der Waals surface area contributed by atoms with Crippen LogP contribution < -0.4 is 21.5 Å². The van der Waals surface area contributed by atoms with Gasteiger partial charge in [0.05, 0.1) is 17.4 Å². The largest absolute Gasteiger partial charge is 0.355 e. The van der Waals surface area contributed by atoms with Crippen LogP contribution in [0.1, 0.15) is 62.0 Å². The summed E-state index contributed by atoms with van der Waals surface area (Å²) in [6.07, 6.45) is 0.